The summed E-state index contributed by atoms with van der Waals surface area (Å²) < 4.78 is 0. The Morgan fingerprint density at radius 2 is 1.03 bits per heavy atom. The van der Waals surface area contributed by atoms with Crippen molar-refractivity contribution in [2.24, 2.45) is 0 Å². The van der Waals surface area contributed by atoms with E-state index in [2.05, 4.69) is 16.0 Å². The van der Waals surface area contributed by atoms with Crippen LogP contribution in [-0.2, 0) is 4.79 Å². The fourth-order valence-electron chi connectivity index (χ4n) is 4.38. The monoisotopic (exact) mass is 537 g/mol. The van der Waals surface area contributed by atoms with Crippen LogP contribution in [-0.4, -0.2) is 35.2 Å². The second kappa shape index (κ2) is 10.7. The first kappa shape index (κ1) is 25.6. The molecule has 0 atom stereocenters. The van der Waals surface area contributed by atoms with E-state index in [9.17, 15) is 24.0 Å². The van der Waals surface area contributed by atoms with Crippen molar-refractivity contribution in [3.63, 3.8) is 0 Å². The third kappa shape index (κ3) is 4.93. The molecule has 5 rings (SSSR count). The van der Waals surface area contributed by atoms with Gasteiger partial charge in [-0.2, -0.15) is 0 Å². The zero-order chi connectivity index (χ0) is 27.5. The lowest BCUT2D eigenvalue weighted by Gasteiger charge is -2.25. The standard InChI is InChI=1S/C30H20ClN3O5/c31-16-23(35)32-20-13-7-12-19-24(20)28(37)26-22(34-30(39)18-10-5-2-6-11-18)15-14-21(25(26)27(19)36)33-29(38)17-8-3-1-4-9-17/h1-15H,16H2,(H,32,35)(H,33,38)(H,34,39). The van der Waals surface area contributed by atoms with E-state index in [0.29, 0.717) is 11.1 Å². The number of benzene rings is 4. The first-order chi connectivity index (χ1) is 18.9. The Balaban J connectivity index is 1.64. The van der Waals surface area contributed by atoms with Gasteiger partial charge in [0.1, 0.15) is 5.88 Å². The molecule has 8 nitrogen and oxygen atoms in total. The first-order valence-corrected chi connectivity index (χ1v) is 12.4. The number of hydrogen-bond donors (Lipinski definition) is 3. The highest BCUT2D eigenvalue weighted by Gasteiger charge is 2.36. The van der Waals surface area contributed by atoms with Crippen LogP contribution in [0.25, 0.3) is 0 Å². The summed E-state index contributed by atoms with van der Waals surface area (Å²) in [6, 6.07) is 24.2. The molecule has 1 aliphatic rings. The molecule has 39 heavy (non-hydrogen) atoms. The average Bonchev–Trinajstić information content (AvgIpc) is 2.97. The summed E-state index contributed by atoms with van der Waals surface area (Å²) in [6.07, 6.45) is 0. The molecule has 0 aliphatic heterocycles. The molecule has 192 valence electrons. The van der Waals surface area contributed by atoms with Gasteiger partial charge in [0.25, 0.3) is 11.8 Å². The van der Waals surface area contributed by atoms with E-state index in [0.717, 1.165) is 0 Å². The van der Waals surface area contributed by atoms with Crippen molar-refractivity contribution in [3.8, 4) is 0 Å². The highest BCUT2D eigenvalue weighted by atomic mass is 35.5. The molecule has 0 spiro atoms. The van der Waals surface area contributed by atoms with Gasteiger partial charge < -0.3 is 16.0 Å². The number of hydrogen-bond acceptors (Lipinski definition) is 5. The van der Waals surface area contributed by atoms with Gasteiger partial charge >= 0.3 is 0 Å². The molecule has 0 aromatic heterocycles. The molecule has 1 aliphatic carbocycles. The van der Waals surface area contributed by atoms with Crippen LogP contribution in [0.1, 0.15) is 52.6 Å². The molecule has 4 aromatic rings. The largest absolute Gasteiger partial charge is 0.324 e. The predicted molar refractivity (Wildman–Crippen MR) is 148 cm³/mol. The van der Waals surface area contributed by atoms with Crippen LogP contribution < -0.4 is 16.0 Å². The lowest BCUT2D eigenvalue weighted by molar-refractivity contribution is -0.113. The zero-order valence-corrected chi connectivity index (χ0v) is 21.0. The van der Waals surface area contributed by atoms with Crippen LogP contribution in [0.15, 0.2) is 91.0 Å². The minimum atomic E-state index is -0.607. The Hall–Kier alpha value is -5.08. The van der Waals surface area contributed by atoms with Crippen LogP contribution >= 0.6 is 11.6 Å². The molecule has 0 saturated heterocycles. The molecule has 0 saturated carbocycles. The lowest BCUT2D eigenvalue weighted by atomic mass is 9.81. The van der Waals surface area contributed by atoms with Crippen LogP contribution in [0.3, 0.4) is 0 Å². The molecule has 3 N–H and O–H groups in total. The van der Waals surface area contributed by atoms with Gasteiger partial charge in [0.05, 0.1) is 33.8 Å². The van der Waals surface area contributed by atoms with Crippen molar-refractivity contribution in [2.45, 2.75) is 0 Å². The topological polar surface area (TPSA) is 121 Å². The summed E-state index contributed by atoms with van der Waals surface area (Å²) in [5.41, 5.74) is 0.845. The van der Waals surface area contributed by atoms with E-state index in [1.54, 1.807) is 60.7 Å². The third-order valence-electron chi connectivity index (χ3n) is 6.16. The van der Waals surface area contributed by atoms with Gasteiger partial charge in [0.15, 0.2) is 11.6 Å². The maximum Gasteiger partial charge on any atom is 0.255 e. The summed E-state index contributed by atoms with van der Waals surface area (Å²) in [7, 11) is 0. The molecular formula is C30H20ClN3O5. The molecule has 4 aromatic carbocycles. The number of anilines is 3. The molecule has 3 amide bonds. The fraction of sp³-hybridized carbons (Fsp3) is 0.0333. The minimum Gasteiger partial charge on any atom is -0.324 e. The van der Waals surface area contributed by atoms with Gasteiger partial charge in [-0.25, -0.2) is 0 Å². The first-order valence-electron chi connectivity index (χ1n) is 11.9. The molecule has 9 heteroatoms. The number of carbonyl (C=O) groups excluding carboxylic acids is 5. The molecule has 0 fully saturated rings. The van der Waals surface area contributed by atoms with Gasteiger partial charge in [-0.1, -0.05) is 48.5 Å². The molecular weight excluding hydrogens is 518 g/mol. The number of carbonyl (C=O) groups is 5. The van der Waals surface area contributed by atoms with E-state index >= 15 is 0 Å². The number of fused-ring (bicyclic) bond motifs is 2. The summed E-state index contributed by atoms with van der Waals surface area (Å²) in [6.45, 7) is 0. The lowest BCUT2D eigenvalue weighted by Crippen LogP contribution is -2.28. The van der Waals surface area contributed by atoms with Crippen LogP contribution in [0.2, 0.25) is 0 Å². The van der Waals surface area contributed by atoms with Gasteiger partial charge in [0, 0.05) is 16.7 Å². The average molecular weight is 538 g/mol. The summed E-state index contributed by atoms with van der Waals surface area (Å²) in [4.78, 5) is 65.8. The number of rotatable bonds is 6. The maximum atomic E-state index is 14.0. The normalized spacial score (nSPS) is 11.7. The van der Waals surface area contributed by atoms with Crippen molar-refractivity contribution >= 4 is 58.0 Å². The van der Waals surface area contributed by atoms with Crippen molar-refractivity contribution in [3.05, 3.63) is 124 Å². The number of ketones is 2. The number of halogens is 1. The van der Waals surface area contributed by atoms with Crippen LogP contribution in [0.5, 0.6) is 0 Å². The Bertz CT molecular complexity index is 1650. The Morgan fingerprint density at radius 1 is 0.538 bits per heavy atom. The van der Waals surface area contributed by atoms with Crippen molar-refractivity contribution in [2.75, 3.05) is 21.8 Å². The van der Waals surface area contributed by atoms with Crippen LogP contribution in [0, 0.1) is 0 Å². The van der Waals surface area contributed by atoms with Crippen molar-refractivity contribution < 1.29 is 24.0 Å². The fourth-order valence-corrected chi connectivity index (χ4v) is 4.45. The predicted octanol–water partition coefficient (Wildman–Crippen LogP) is 5.14. The van der Waals surface area contributed by atoms with E-state index in [4.69, 9.17) is 11.6 Å². The SMILES string of the molecule is O=C(CCl)Nc1cccc2c1C(=O)c1c(NC(=O)c3ccccc3)ccc(NC(=O)c3ccccc3)c1C2=O. The maximum absolute atomic E-state index is 14.0. The van der Waals surface area contributed by atoms with Crippen LogP contribution in [0.4, 0.5) is 17.1 Å². The third-order valence-corrected chi connectivity index (χ3v) is 6.40. The van der Waals surface area contributed by atoms with Crippen molar-refractivity contribution in [1.82, 2.24) is 0 Å². The zero-order valence-electron chi connectivity index (χ0n) is 20.3. The minimum absolute atomic E-state index is 0.0322. The van der Waals surface area contributed by atoms with Gasteiger partial charge in [0.2, 0.25) is 5.91 Å². The molecule has 0 bridgehead atoms. The van der Waals surface area contributed by atoms with Gasteiger partial charge in [-0.15, -0.1) is 11.6 Å². The van der Waals surface area contributed by atoms with E-state index in [1.807, 2.05) is 0 Å². The molecule has 0 radical (unpaired) electrons. The summed E-state index contributed by atoms with van der Waals surface area (Å²) in [5.74, 6) is -3.04. The van der Waals surface area contributed by atoms with Gasteiger partial charge in [-0.3, -0.25) is 24.0 Å². The summed E-state index contributed by atoms with van der Waals surface area (Å²) >= 11 is 5.64. The molecule has 0 unspecified atom stereocenters. The second-order valence-corrected chi connectivity index (χ2v) is 8.89. The van der Waals surface area contributed by atoms with E-state index in [-0.39, 0.29) is 45.2 Å². The Kier molecular flexibility index (Phi) is 7.03. The van der Waals surface area contributed by atoms with E-state index < -0.39 is 29.3 Å². The Labute approximate surface area is 228 Å². The second-order valence-electron chi connectivity index (χ2n) is 8.62. The van der Waals surface area contributed by atoms with Crippen molar-refractivity contribution in [1.29, 1.82) is 0 Å². The van der Waals surface area contributed by atoms with E-state index in [1.165, 1.54) is 30.3 Å². The number of amides is 3. The number of alkyl halides is 1. The smallest absolute Gasteiger partial charge is 0.255 e. The highest BCUT2D eigenvalue weighted by Crippen LogP contribution is 2.39. The quantitative estimate of drug-likeness (QED) is 0.259. The van der Waals surface area contributed by atoms with Gasteiger partial charge in [-0.05, 0) is 42.5 Å². The Morgan fingerprint density at radius 3 is 1.54 bits per heavy atom. The molecule has 0 heterocycles. The highest BCUT2D eigenvalue weighted by molar-refractivity contribution is 6.35. The summed E-state index contributed by atoms with van der Waals surface area (Å²) in [5, 5.41) is 8.00. The number of nitrogens with one attached hydrogen (secondary N) is 3.